The molecule has 0 radical (unpaired) electrons. The van der Waals surface area contributed by atoms with E-state index in [9.17, 15) is 9.90 Å². The van der Waals surface area contributed by atoms with E-state index in [0.29, 0.717) is 25.6 Å². The van der Waals surface area contributed by atoms with Gasteiger partial charge in [0, 0.05) is 32.0 Å². The molecular weight excluding hydrogens is 258 g/mol. The largest absolute Gasteiger partial charge is 0.390 e. The molecule has 2 rings (SSSR count). The maximum absolute atomic E-state index is 10.7. The summed E-state index contributed by atoms with van der Waals surface area (Å²) in [6, 6.07) is 1.37. The fourth-order valence-electron chi connectivity index (χ4n) is 2.71. The monoisotopic (exact) mass is 281 g/mol. The van der Waals surface area contributed by atoms with Gasteiger partial charge in [-0.25, -0.2) is 4.79 Å². The molecule has 2 amide bonds. The Morgan fingerprint density at radius 2 is 2.40 bits per heavy atom. The lowest BCUT2D eigenvalue weighted by Gasteiger charge is -2.33. The molecule has 0 aromatic carbocycles. The standard InChI is InChI=1S/C13H23N5O2/c14-13(20)15-7-11-3-1-5-17(8-11)9-12(19)10-18-6-2-4-16-18/h2,4,6,11-12,19H,1,3,5,7-10H2,(H3,14,15,20)/t11-,12-/m1/s1. The minimum absolute atomic E-state index is 0.410. The molecule has 0 bridgehead atoms. The Labute approximate surface area is 118 Å². The molecule has 1 aliphatic rings. The molecule has 7 nitrogen and oxygen atoms in total. The van der Waals surface area contributed by atoms with Crippen LogP contribution in [0.4, 0.5) is 4.79 Å². The first-order valence-electron chi connectivity index (χ1n) is 7.04. The van der Waals surface area contributed by atoms with Crippen LogP contribution in [0, 0.1) is 5.92 Å². The number of carbonyl (C=O) groups excluding carboxylic acids is 1. The van der Waals surface area contributed by atoms with Crippen LogP contribution in [0.3, 0.4) is 0 Å². The van der Waals surface area contributed by atoms with Gasteiger partial charge in [0.25, 0.3) is 0 Å². The zero-order valence-corrected chi connectivity index (χ0v) is 11.6. The van der Waals surface area contributed by atoms with Crippen molar-refractivity contribution in [1.82, 2.24) is 20.0 Å². The molecule has 0 spiro atoms. The van der Waals surface area contributed by atoms with Crippen LogP contribution >= 0.6 is 0 Å². The molecule has 1 aliphatic heterocycles. The van der Waals surface area contributed by atoms with Crippen molar-refractivity contribution in [2.75, 3.05) is 26.2 Å². The molecule has 112 valence electrons. The van der Waals surface area contributed by atoms with Gasteiger partial charge in [-0.3, -0.25) is 4.68 Å². The maximum Gasteiger partial charge on any atom is 0.312 e. The fourth-order valence-corrected chi connectivity index (χ4v) is 2.71. The second-order valence-corrected chi connectivity index (χ2v) is 5.39. The van der Waals surface area contributed by atoms with Gasteiger partial charge in [0.15, 0.2) is 0 Å². The van der Waals surface area contributed by atoms with E-state index in [1.807, 2.05) is 12.3 Å². The third-order valence-electron chi connectivity index (χ3n) is 3.59. The minimum Gasteiger partial charge on any atom is -0.390 e. The number of nitrogens with zero attached hydrogens (tertiary/aromatic N) is 3. The Hall–Kier alpha value is -1.60. The van der Waals surface area contributed by atoms with Crippen molar-refractivity contribution in [2.24, 2.45) is 11.7 Å². The lowest BCUT2D eigenvalue weighted by Crippen LogP contribution is -2.45. The number of aliphatic hydroxyl groups excluding tert-OH is 1. The molecule has 0 saturated carbocycles. The van der Waals surface area contributed by atoms with Crippen LogP contribution in [0.5, 0.6) is 0 Å². The van der Waals surface area contributed by atoms with Crippen LogP contribution in [0.2, 0.25) is 0 Å². The van der Waals surface area contributed by atoms with E-state index in [-0.39, 0.29) is 0 Å². The van der Waals surface area contributed by atoms with Crippen molar-refractivity contribution in [2.45, 2.75) is 25.5 Å². The summed E-state index contributed by atoms with van der Waals surface area (Å²) in [4.78, 5) is 13.0. The molecule has 1 aromatic heterocycles. The van der Waals surface area contributed by atoms with Crippen molar-refractivity contribution in [3.8, 4) is 0 Å². The second-order valence-electron chi connectivity index (χ2n) is 5.39. The molecule has 20 heavy (non-hydrogen) atoms. The zero-order valence-electron chi connectivity index (χ0n) is 11.6. The van der Waals surface area contributed by atoms with E-state index in [1.54, 1.807) is 10.9 Å². The van der Waals surface area contributed by atoms with Gasteiger partial charge in [0.2, 0.25) is 0 Å². The summed E-state index contributed by atoms with van der Waals surface area (Å²) in [7, 11) is 0. The average molecular weight is 281 g/mol. The molecule has 0 unspecified atom stereocenters. The van der Waals surface area contributed by atoms with E-state index >= 15 is 0 Å². The van der Waals surface area contributed by atoms with Crippen LogP contribution < -0.4 is 11.1 Å². The van der Waals surface area contributed by atoms with Crippen molar-refractivity contribution >= 4 is 6.03 Å². The predicted molar refractivity (Wildman–Crippen MR) is 75.0 cm³/mol. The molecule has 0 aliphatic carbocycles. The van der Waals surface area contributed by atoms with Crippen molar-refractivity contribution < 1.29 is 9.90 Å². The zero-order chi connectivity index (χ0) is 14.4. The number of aromatic nitrogens is 2. The van der Waals surface area contributed by atoms with Crippen LogP contribution in [0.1, 0.15) is 12.8 Å². The average Bonchev–Trinajstić information content (AvgIpc) is 2.89. The highest BCUT2D eigenvalue weighted by Crippen LogP contribution is 2.16. The smallest absolute Gasteiger partial charge is 0.312 e. The summed E-state index contributed by atoms with van der Waals surface area (Å²) < 4.78 is 1.74. The van der Waals surface area contributed by atoms with Gasteiger partial charge in [-0.05, 0) is 31.4 Å². The Morgan fingerprint density at radius 3 is 3.10 bits per heavy atom. The van der Waals surface area contributed by atoms with Crippen LogP contribution in [0.25, 0.3) is 0 Å². The first-order chi connectivity index (χ1) is 9.63. The Kier molecular flexibility index (Phi) is 5.37. The highest BCUT2D eigenvalue weighted by Gasteiger charge is 2.22. The minimum atomic E-state index is -0.471. The lowest BCUT2D eigenvalue weighted by molar-refractivity contribution is 0.0719. The summed E-state index contributed by atoms with van der Waals surface area (Å²) in [6.07, 6.45) is 5.29. The third kappa shape index (κ3) is 4.82. The Balaban J connectivity index is 1.73. The Bertz CT molecular complexity index is 409. The number of hydrogen-bond acceptors (Lipinski definition) is 4. The molecule has 2 atom stereocenters. The molecule has 1 saturated heterocycles. The van der Waals surface area contributed by atoms with Gasteiger partial charge in [-0.1, -0.05) is 0 Å². The number of urea groups is 1. The molecule has 2 heterocycles. The van der Waals surface area contributed by atoms with Crippen LogP contribution in [0.15, 0.2) is 18.5 Å². The summed E-state index contributed by atoms with van der Waals surface area (Å²) >= 11 is 0. The normalized spacial score (nSPS) is 21.6. The third-order valence-corrected chi connectivity index (χ3v) is 3.59. The summed E-state index contributed by atoms with van der Waals surface area (Å²) in [6.45, 7) is 3.63. The second kappa shape index (κ2) is 7.25. The molecular formula is C13H23N5O2. The predicted octanol–water partition coefficient (Wildman–Crippen LogP) is -0.376. The first-order valence-corrected chi connectivity index (χ1v) is 7.04. The number of likely N-dealkylation sites (tertiary alicyclic amines) is 1. The van der Waals surface area contributed by atoms with Gasteiger partial charge in [0.1, 0.15) is 0 Å². The number of aliphatic hydroxyl groups is 1. The van der Waals surface area contributed by atoms with E-state index < -0.39 is 12.1 Å². The van der Waals surface area contributed by atoms with Crippen LogP contribution in [-0.4, -0.2) is 58.1 Å². The van der Waals surface area contributed by atoms with Crippen LogP contribution in [-0.2, 0) is 6.54 Å². The highest BCUT2D eigenvalue weighted by atomic mass is 16.3. The summed E-state index contributed by atoms with van der Waals surface area (Å²) in [5, 5.41) is 16.8. The van der Waals surface area contributed by atoms with Crippen molar-refractivity contribution in [3.63, 3.8) is 0 Å². The number of nitrogens with two attached hydrogens (primary N) is 1. The van der Waals surface area contributed by atoms with Gasteiger partial charge < -0.3 is 21.1 Å². The van der Waals surface area contributed by atoms with Gasteiger partial charge >= 0.3 is 6.03 Å². The maximum atomic E-state index is 10.7. The summed E-state index contributed by atoms with van der Waals surface area (Å²) in [5.41, 5.74) is 5.09. The van der Waals surface area contributed by atoms with Gasteiger partial charge in [-0.15, -0.1) is 0 Å². The van der Waals surface area contributed by atoms with E-state index in [0.717, 1.165) is 25.9 Å². The quantitative estimate of drug-likeness (QED) is 0.662. The fraction of sp³-hybridized carbons (Fsp3) is 0.692. The number of nitrogens with one attached hydrogen (secondary N) is 1. The van der Waals surface area contributed by atoms with E-state index in [1.165, 1.54) is 0 Å². The number of rotatable bonds is 6. The number of amides is 2. The molecule has 1 fully saturated rings. The highest BCUT2D eigenvalue weighted by molar-refractivity contribution is 5.71. The number of β-amino-alcohol motifs (C(OH)–C–C–N with tert-alkyl or cyclic N) is 1. The van der Waals surface area contributed by atoms with Crippen molar-refractivity contribution in [1.29, 1.82) is 0 Å². The van der Waals surface area contributed by atoms with Crippen molar-refractivity contribution in [3.05, 3.63) is 18.5 Å². The number of primary amides is 1. The number of hydrogen-bond donors (Lipinski definition) is 3. The summed E-state index contributed by atoms with van der Waals surface area (Å²) in [5.74, 6) is 0.410. The molecule has 4 N–H and O–H groups in total. The Morgan fingerprint density at radius 1 is 1.55 bits per heavy atom. The number of piperidine rings is 1. The van der Waals surface area contributed by atoms with Gasteiger partial charge in [0.05, 0.1) is 12.6 Å². The lowest BCUT2D eigenvalue weighted by atomic mass is 9.98. The first kappa shape index (κ1) is 14.8. The SMILES string of the molecule is NC(=O)NC[C@H]1CCCN(C[C@@H](O)Cn2cccn2)C1. The topological polar surface area (TPSA) is 96.4 Å². The van der Waals surface area contributed by atoms with Gasteiger partial charge in [-0.2, -0.15) is 5.10 Å². The number of carbonyl (C=O) groups is 1. The van der Waals surface area contributed by atoms with E-state index in [2.05, 4.69) is 15.3 Å². The van der Waals surface area contributed by atoms with E-state index in [4.69, 9.17) is 5.73 Å². The molecule has 1 aromatic rings. The molecule has 7 heteroatoms.